The highest BCUT2D eigenvalue weighted by atomic mass is 16.2. The summed E-state index contributed by atoms with van der Waals surface area (Å²) in [6.07, 6.45) is 0.820. The molecule has 0 radical (unpaired) electrons. The van der Waals surface area contributed by atoms with Crippen molar-refractivity contribution in [1.29, 1.82) is 0 Å². The summed E-state index contributed by atoms with van der Waals surface area (Å²) < 4.78 is 0. The van der Waals surface area contributed by atoms with Crippen LogP contribution in [0.25, 0.3) is 0 Å². The number of anilines is 2. The summed E-state index contributed by atoms with van der Waals surface area (Å²) in [7, 11) is 1.81. The molecule has 1 fully saturated rings. The van der Waals surface area contributed by atoms with Gasteiger partial charge in [-0.1, -0.05) is 0 Å². The number of pyridine rings is 1. The van der Waals surface area contributed by atoms with E-state index in [-0.39, 0.29) is 11.9 Å². The first kappa shape index (κ1) is 10.7. The van der Waals surface area contributed by atoms with Gasteiger partial charge in [0.25, 0.3) is 0 Å². The van der Waals surface area contributed by atoms with E-state index in [1.165, 1.54) is 0 Å². The molecular formula is C11H16N4O. The number of amides is 1. The Morgan fingerprint density at radius 3 is 2.88 bits per heavy atom. The lowest BCUT2D eigenvalue weighted by atomic mass is 10.2. The molecule has 2 rings (SSSR count). The molecule has 3 N–H and O–H groups in total. The van der Waals surface area contributed by atoms with Crippen molar-refractivity contribution in [3.8, 4) is 0 Å². The Bertz CT molecular complexity index is 418. The van der Waals surface area contributed by atoms with Gasteiger partial charge in [0.15, 0.2) is 0 Å². The van der Waals surface area contributed by atoms with Gasteiger partial charge in [0.2, 0.25) is 5.91 Å². The van der Waals surface area contributed by atoms with Gasteiger partial charge in [-0.05, 0) is 25.5 Å². The number of aromatic nitrogens is 1. The Balaban J connectivity index is 2.10. The van der Waals surface area contributed by atoms with Crippen LogP contribution in [0.15, 0.2) is 12.1 Å². The summed E-state index contributed by atoms with van der Waals surface area (Å²) in [5, 5.41) is 3.13. The zero-order chi connectivity index (χ0) is 11.7. The van der Waals surface area contributed by atoms with E-state index in [4.69, 9.17) is 5.73 Å². The van der Waals surface area contributed by atoms with Crippen molar-refractivity contribution in [2.45, 2.75) is 19.4 Å². The van der Waals surface area contributed by atoms with E-state index in [9.17, 15) is 4.79 Å². The molecule has 86 valence electrons. The Morgan fingerprint density at radius 2 is 2.31 bits per heavy atom. The summed E-state index contributed by atoms with van der Waals surface area (Å²) in [5.74, 6) is 0.830. The van der Waals surface area contributed by atoms with Crippen LogP contribution in [-0.4, -0.2) is 35.4 Å². The highest BCUT2D eigenvalue weighted by molar-refractivity contribution is 5.86. The number of nitrogens with zero attached hydrogens (tertiary/aromatic N) is 2. The Morgan fingerprint density at radius 1 is 1.56 bits per heavy atom. The van der Waals surface area contributed by atoms with Gasteiger partial charge in [-0.2, -0.15) is 0 Å². The number of nitrogens with one attached hydrogen (secondary N) is 1. The molecule has 1 saturated heterocycles. The molecule has 0 aliphatic carbocycles. The highest BCUT2D eigenvalue weighted by Crippen LogP contribution is 2.16. The molecule has 1 aromatic rings. The lowest BCUT2D eigenvalue weighted by molar-refractivity contribution is -0.127. The number of carbonyl (C=O) groups excluding carboxylic acids is 1. The fourth-order valence-electron chi connectivity index (χ4n) is 1.79. The van der Waals surface area contributed by atoms with Crippen molar-refractivity contribution in [2.24, 2.45) is 0 Å². The van der Waals surface area contributed by atoms with Crippen LogP contribution in [0.4, 0.5) is 11.5 Å². The monoisotopic (exact) mass is 220 g/mol. The minimum absolute atomic E-state index is 0.122. The summed E-state index contributed by atoms with van der Waals surface area (Å²) in [4.78, 5) is 17.7. The Hall–Kier alpha value is -1.78. The molecular weight excluding hydrogens is 204 g/mol. The van der Waals surface area contributed by atoms with Crippen molar-refractivity contribution < 1.29 is 4.79 Å². The van der Waals surface area contributed by atoms with Crippen molar-refractivity contribution in [1.82, 2.24) is 9.88 Å². The fourth-order valence-corrected chi connectivity index (χ4v) is 1.79. The first-order valence-electron chi connectivity index (χ1n) is 5.32. The molecule has 0 saturated carbocycles. The number of nitrogen functional groups attached to an aromatic ring is 1. The summed E-state index contributed by atoms with van der Waals surface area (Å²) in [6, 6.07) is 3.45. The molecule has 1 aliphatic heterocycles. The first-order valence-corrected chi connectivity index (χ1v) is 5.32. The largest absolute Gasteiger partial charge is 0.397 e. The second-order valence-electron chi connectivity index (χ2n) is 4.12. The van der Waals surface area contributed by atoms with Crippen molar-refractivity contribution in [3.63, 3.8) is 0 Å². The number of rotatable bonds is 2. The molecule has 5 heteroatoms. The van der Waals surface area contributed by atoms with E-state index in [1.807, 2.05) is 14.0 Å². The van der Waals surface area contributed by atoms with Crippen LogP contribution in [0.2, 0.25) is 0 Å². The molecule has 1 aliphatic rings. The standard InChI is InChI=1S/C11H16N4O/c1-7-8(12)3-4-10(13-7)14-9-5-6-15(2)11(9)16/h3-4,9H,5-6,12H2,1-2H3,(H,13,14). The molecule has 0 bridgehead atoms. The van der Waals surface area contributed by atoms with Crippen LogP contribution in [-0.2, 0) is 4.79 Å². The maximum absolute atomic E-state index is 11.7. The summed E-state index contributed by atoms with van der Waals surface area (Å²) >= 11 is 0. The predicted molar refractivity (Wildman–Crippen MR) is 63.1 cm³/mol. The van der Waals surface area contributed by atoms with Gasteiger partial charge in [0, 0.05) is 13.6 Å². The zero-order valence-electron chi connectivity index (χ0n) is 9.53. The Kier molecular flexibility index (Phi) is 2.68. The van der Waals surface area contributed by atoms with E-state index in [0.29, 0.717) is 11.5 Å². The normalized spacial score (nSPS) is 20.2. The maximum atomic E-state index is 11.7. The molecule has 2 heterocycles. The van der Waals surface area contributed by atoms with Crippen LogP contribution < -0.4 is 11.1 Å². The predicted octanol–water partition coefficient (Wildman–Crippen LogP) is 0.615. The molecule has 0 aromatic carbocycles. The fraction of sp³-hybridized carbons (Fsp3) is 0.455. The second kappa shape index (κ2) is 4.00. The number of likely N-dealkylation sites (tertiary alicyclic amines) is 1. The van der Waals surface area contributed by atoms with Crippen LogP contribution in [0.5, 0.6) is 0 Å². The van der Waals surface area contributed by atoms with Crippen LogP contribution in [0.3, 0.4) is 0 Å². The molecule has 1 aromatic heterocycles. The molecule has 16 heavy (non-hydrogen) atoms. The number of likely N-dealkylation sites (N-methyl/N-ethyl adjacent to an activating group) is 1. The van der Waals surface area contributed by atoms with E-state index < -0.39 is 0 Å². The molecule has 0 spiro atoms. The minimum Gasteiger partial charge on any atom is -0.397 e. The van der Waals surface area contributed by atoms with Gasteiger partial charge in [-0.25, -0.2) is 4.98 Å². The molecule has 5 nitrogen and oxygen atoms in total. The highest BCUT2D eigenvalue weighted by Gasteiger charge is 2.28. The number of hydrogen-bond donors (Lipinski definition) is 2. The number of aryl methyl sites for hydroxylation is 1. The summed E-state index contributed by atoms with van der Waals surface area (Å²) in [5.41, 5.74) is 7.13. The summed E-state index contributed by atoms with van der Waals surface area (Å²) in [6.45, 7) is 2.65. The molecule has 1 unspecified atom stereocenters. The van der Waals surface area contributed by atoms with Crippen LogP contribution >= 0.6 is 0 Å². The van der Waals surface area contributed by atoms with Gasteiger partial charge in [-0.15, -0.1) is 0 Å². The van der Waals surface area contributed by atoms with Gasteiger partial charge < -0.3 is 16.0 Å². The van der Waals surface area contributed by atoms with Crippen molar-refractivity contribution >= 4 is 17.4 Å². The first-order chi connectivity index (χ1) is 7.58. The third-order valence-electron chi connectivity index (χ3n) is 2.88. The SMILES string of the molecule is Cc1nc(NC2CCN(C)C2=O)ccc1N. The van der Waals surface area contributed by atoms with E-state index in [0.717, 1.165) is 18.7 Å². The Labute approximate surface area is 94.6 Å². The topological polar surface area (TPSA) is 71.2 Å². The average Bonchev–Trinajstić information content (AvgIpc) is 2.55. The third-order valence-corrected chi connectivity index (χ3v) is 2.88. The van der Waals surface area contributed by atoms with E-state index >= 15 is 0 Å². The van der Waals surface area contributed by atoms with Crippen LogP contribution in [0.1, 0.15) is 12.1 Å². The van der Waals surface area contributed by atoms with E-state index in [2.05, 4.69) is 10.3 Å². The van der Waals surface area contributed by atoms with E-state index in [1.54, 1.807) is 17.0 Å². The van der Waals surface area contributed by atoms with Gasteiger partial charge in [0.05, 0.1) is 11.4 Å². The van der Waals surface area contributed by atoms with Gasteiger partial charge in [-0.3, -0.25) is 4.79 Å². The van der Waals surface area contributed by atoms with Crippen molar-refractivity contribution in [3.05, 3.63) is 17.8 Å². The van der Waals surface area contributed by atoms with Crippen molar-refractivity contribution in [2.75, 3.05) is 24.6 Å². The van der Waals surface area contributed by atoms with Gasteiger partial charge in [0.1, 0.15) is 11.9 Å². The molecule has 1 amide bonds. The number of hydrogen-bond acceptors (Lipinski definition) is 4. The third kappa shape index (κ3) is 1.93. The number of carbonyl (C=O) groups is 1. The lowest BCUT2D eigenvalue weighted by Gasteiger charge is -2.13. The quantitative estimate of drug-likeness (QED) is 0.766. The minimum atomic E-state index is -0.152. The lowest BCUT2D eigenvalue weighted by Crippen LogP contribution is -2.31. The average molecular weight is 220 g/mol. The second-order valence-corrected chi connectivity index (χ2v) is 4.12. The number of nitrogens with two attached hydrogens (primary N) is 1. The zero-order valence-corrected chi connectivity index (χ0v) is 9.53. The van der Waals surface area contributed by atoms with Gasteiger partial charge >= 0.3 is 0 Å². The maximum Gasteiger partial charge on any atom is 0.244 e. The van der Waals surface area contributed by atoms with Crippen LogP contribution in [0, 0.1) is 6.92 Å². The smallest absolute Gasteiger partial charge is 0.244 e. The molecule has 1 atom stereocenters.